The molecule has 0 aromatic heterocycles. The highest BCUT2D eigenvalue weighted by atomic mass is 16.2. The van der Waals surface area contributed by atoms with E-state index in [9.17, 15) is 19.6 Å². The van der Waals surface area contributed by atoms with E-state index in [-0.39, 0.29) is 30.6 Å². The van der Waals surface area contributed by atoms with E-state index in [0.29, 0.717) is 30.9 Å². The zero-order chi connectivity index (χ0) is 24.5. The number of hydrogen-bond donors (Lipinski definition) is 4. The summed E-state index contributed by atoms with van der Waals surface area (Å²) in [6.45, 7) is 6.90. The SMILES string of the molecule is CCC(C)CC(C#N)NC(=O)C(N)CN1C[C@@H](N[C@@H](C)c2ccc(C(N)=O)cc2)CC1C=O. The molecule has 4 unspecified atom stereocenters. The molecule has 1 fully saturated rings. The third kappa shape index (κ3) is 7.63. The Kier molecular flexibility index (Phi) is 9.97. The first-order chi connectivity index (χ1) is 15.7. The van der Waals surface area contributed by atoms with E-state index in [1.165, 1.54) is 0 Å². The highest BCUT2D eigenvalue weighted by Crippen LogP contribution is 2.21. The predicted octanol–water partition coefficient (Wildman–Crippen LogP) is 0.850. The van der Waals surface area contributed by atoms with Crippen molar-refractivity contribution in [3.05, 3.63) is 35.4 Å². The van der Waals surface area contributed by atoms with Crippen molar-refractivity contribution in [1.29, 1.82) is 5.26 Å². The summed E-state index contributed by atoms with van der Waals surface area (Å²) in [6, 6.07) is 7.52. The van der Waals surface area contributed by atoms with Crippen molar-refractivity contribution in [1.82, 2.24) is 15.5 Å². The quantitative estimate of drug-likeness (QED) is 0.340. The van der Waals surface area contributed by atoms with Crippen LogP contribution in [0, 0.1) is 17.2 Å². The molecule has 1 heterocycles. The number of nitrogens with zero attached hydrogens (tertiary/aromatic N) is 2. The molecule has 0 radical (unpaired) electrons. The number of amides is 2. The molecule has 0 spiro atoms. The summed E-state index contributed by atoms with van der Waals surface area (Å²) in [4.78, 5) is 37.3. The molecular weight excluding hydrogens is 420 g/mol. The van der Waals surface area contributed by atoms with Gasteiger partial charge >= 0.3 is 0 Å². The molecule has 0 aliphatic carbocycles. The van der Waals surface area contributed by atoms with Crippen LogP contribution >= 0.6 is 0 Å². The molecule has 1 aliphatic heterocycles. The van der Waals surface area contributed by atoms with Crippen molar-refractivity contribution in [2.75, 3.05) is 13.1 Å². The molecule has 1 aromatic carbocycles. The lowest BCUT2D eigenvalue weighted by Crippen LogP contribution is -2.52. The molecule has 180 valence electrons. The summed E-state index contributed by atoms with van der Waals surface area (Å²) in [6.07, 6.45) is 3.00. The van der Waals surface area contributed by atoms with Crippen LogP contribution in [0.3, 0.4) is 0 Å². The Bertz CT molecular complexity index is 853. The molecule has 2 rings (SSSR count). The van der Waals surface area contributed by atoms with Crippen molar-refractivity contribution in [3.63, 3.8) is 0 Å². The number of primary amides is 1. The van der Waals surface area contributed by atoms with Gasteiger partial charge in [-0.05, 0) is 43.4 Å². The van der Waals surface area contributed by atoms with Gasteiger partial charge in [0.05, 0.1) is 18.2 Å². The standard InChI is InChI=1S/C24H36N6O3/c1-4-15(2)9-19(11-25)29-24(33)22(26)13-30-12-20(10-21(30)14-31)28-16(3)17-5-7-18(8-6-17)23(27)32/h5-8,14-16,19-22,28H,4,9-10,12-13,26H2,1-3H3,(H2,27,32)(H,29,33)/t15?,16-,19?,20-,21?,22?/m0/s1. The molecule has 6 N–H and O–H groups in total. The topological polar surface area (TPSA) is 154 Å². The van der Waals surface area contributed by atoms with Crippen LogP contribution in [-0.4, -0.2) is 60.3 Å². The van der Waals surface area contributed by atoms with E-state index in [1.807, 2.05) is 37.8 Å². The van der Waals surface area contributed by atoms with E-state index in [4.69, 9.17) is 11.5 Å². The number of likely N-dealkylation sites (tertiary alicyclic amines) is 1. The lowest BCUT2D eigenvalue weighted by molar-refractivity contribution is -0.123. The van der Waals surface area contributed by atoms with Crippen LogP contribution in [0.25, 0.3) is 0 Å². The lowest BCUT2D eigenvalue weighted by atomic mass is 10.00. The molecule has 1 aliphatic rings. The highest BCUT2D eigenvalue weighted by molar-refractivity contribution is 5.92. The fourth-order valence-corrected chi connectivity index (χ4v) is 4.12. The number of benzene rings is 1. The number of nitrogens with two attached hydrogens (primary N) is 2. The van der Waals surface area contributed by atoms with Gasteiger partial charge in [-0.25, -0.2) is 0 Å². The Morgan fingerprint density at radius 3 is 2.52 bits per heavy atom. The van der Waals surface area contributed by atoms with Gasteiger partial charge in [-0.1, -0.05) is 32.4 Å². The van der Waals surface area contributed by atoms with Crippen LogP contribution in [0.1, 0.15) is 62.0 Å². The van der Waals surface area contributed by atoms with Gasteiger partial charge in [-0.2, -0.15) is 5.26 Å². The largest absolute Gasteiger partial charge is 0.366 e. The van der Waals surface area contributed by atoms with Gasteiger partial charge in [-0.15, -0.1) is 0 Å². The third-order valence-corrected chi connectivity index (χ3v) is 6.36. The number of hydrogen-bond acceptors (Lipinski definition) is 7. The second-order valence-electron chi connectivity index (χ2n) is 9.01. The predicted molar refractivity (Wildman–Crippen MR) is 126 cm³/mol. The maximum absolute atomic E-state index is 12.5. The van der Waals surface area contributed by atoms with Crippen molar-refractivity contribution in [3.8, 4) is 6.07 Å². The Labute approximate surface area is 195 Å². The summed E-state index contributed by atoms with van der Waals surface area (Å²) >= 11 is 0. The maximum atomic E-state index is 12.5. The lowest BCUT2D eigenvalue weighted by Gasteiger charge is -2.25. The van der Waals surface area contributed by atoms with Gasteiger partial charge in [0, 0.05) is 30.7 Å². The molecule has 0 bridgehead atoms. The Morgan fingerprint density at radius 1 is 1.30 bits per heavy atom. The second kappa shape index (κ2) is 12.4. The number of nitriles is 1. The molecule has 1 saturated heterocycles. The van der Waals surface area contributed by atoms with Crippen LogP contribution < -0.4 is 22.1 Å². The summed E-state index contributed by atoms with van der Waals surface area (Å²) in [5.41, 5.74) is 12.9. The molecule has 2 amide bonds. The van der Waals surface area contributed by atoms with E-state index >= 15 is 0 Å². The first-order valence-corrected chi connectivity index (χ1v) is 11.5. The van der Waals surface area contributed by atoms with E-state index < -0.39 is 18.0 Å². The van der Waals surface area contributed by atoms with Crippen molar-refractivity contribution in [2.24, 2.45) is 17.4 Å². The van der Waals surface area contributed by atoms with Gasteiger partial charge in [0.25, 0.3) is 0 Å². The van der Waals surface area contributed by atoms with Crippen LogP contribution in [-0.2, 0) is 9.59 Å². The summed E-state index contributed by atoms with van der Waals surface area (Å²) in [7, 11) is 0. The zero-order valence-electron chi connectivity index (χ0n) is 19.7. The molecule has 9 nitrogen and oxygen atoms in total. The maximum Gasteiger partial charge on any atom is 0.248 e. The molecular formula is C24H36N6O3. The molecule has 9 heteroatoms. The highest BCUT2D eigenvalue weighted by Gasteiger charge is 2.34. The minimum Gasteiger partial charge on any atom is -0.366 e. The normalized spacial score (nSPS) is 22.0. The van der Waals surface area contributed by atoms with Crippen LogP contribution in [0.5, 0.6) is 0 Å². The van der Waals surface area contributed by atoms with Gasteiger partial charge in [0.15, 0.2) is 0 Å². The van der Waals surface area contributed by atoms with Crippen LogP contribution in [0.2, 0.25) is 0 Å². The number of carbonyl (C=O) groups excluding carboxylic acids is 3. The average molecular weight is 457 g/mol. The average Bonchev–Trinajstić information content (AvgIpc) is 3.19. The second-order valence-corrected chi connectivity index (χ2v) is 9.01. The van der Waals surface area contributed by atoms with Crippen molar-refractivity contribution < 1.29 is 14.4 Å². The molecule has 33 heavy (non-hydrogen) atoms. The number of carbonyl (C=O) groups is 3. The fraction of sp³-hybridized carbons (Fsp3) is 0.583. The monoisotopic (exact) mass is 456 g/mol. The smallest absolute Gasteiger partial charge is 0.248 e. The Hall–Kier alpha value is -2.80. The van der Waals surface area contributed by atoms with E-state index in [1.54, 1.807) is 12.1 Å². The number of aldehydes is 1. The minimum absolute atomic E-state index is 0.00177. The summed E-state index contributed by atoms with van der Waals surface area (Å²) in [5, 5.41) is 15.6. The van der Waals surface area contributed by atoms with Gasteiger partial charge in [0.2, 0.25) is 11.8 Å². The molecule has 1 aromatic rings. The number of nitrogens with one attached hydrogen (secondary N) is 2. The Morgan fingerprint density at radius 2 is 1.97 bits per heavy atom. The zero-order valence-corrected chi connectivity index (χ0v) is 19.7. The summed E-state index contributed by atoms with van der Waals surface area (Å²) < 4.78 is 0. The van der Waals surface area contributed by atoms with E-state index in [0.717, 1.165) is 18.3 Å². The van der Waals surface area contributed by atoms with Gasteiger partial charge in [0.1, 0.15) is 12.3 Å². The molecule has 0 saturated carbocycles. The van der Waals surface area contributed by atoms with Crippen LogP contribution in [0.15, 0.2) is 24.3 Å². The van der Waals surface area contributed by atoms with Gasteiger partial charge in [-0.3, -0.25) is 14.5 Å². The third-order valence-electron chi connectivity index (χ3n) is 6.36. The van der Waals surface area contributed by atoms with E-state index in [2.05, 4.69) is 16.7 Å². The first-order valence-electron chi connectivity index (χ1n) is 11.5. The van der Waals surface area contributed by atoms with Gasteiger partial charge < -0.3 is 26.9 Å². The van der Waals surface area contributed by atoms with Crippen LogP contribution in [0.4, 0.5) is 0 Å². The van der Waals surface area contributed by atoms with Crippen molar-refractivity contribution >= 4 is 18.1 Å². The van der Waals surface area contributed by atoms with Crippen molar-refractivity contribution in [2.45, 2.75) is 70.2 Å². The summed E-state index contributed by atoms with van der Waals surface area (Å²) in [5.74, 6) is -0.525. The Balaban J connectivity index is 1.91. The minimum atomic E-state index is -0.835. The number of rotatable bonds is 12. The molecule has 6 atom stereocenters. The first kappa shape index (κ1) is 26.5. The fourth-order valence-electron chi connectivity index (χ4n) is 4.12.